The summed E-state index contributed by atoms with van der Waals surface area (Å²) in [5.41, 5.74) is 0. The summed E-state index contributed by atoms with van der Waals surface area (Å²) in [5.74, 6) is 0. The highest BCUT2D eigenvalue weighted by atomic mass is 32.2. The number of ether oxygens (including phenoxy) is 1. The molecule has 1 atom stereocenters. The van der Waals surface area contributed by atoms with Gasteiger partial charge in [-0.15, -0.1) is 0 Å². The van der Waals surface area contributed by atoms with E-state index in [0.717, 1.165) is 7.11 Å². The molecule has 0 aromatic carbocycles. The van der Waals surface area contributed by atoms with Gasteiger partial charge >= 0.3 is 5.25 Å². The fourth-order valence-corrected chi connectivity index (χ4v) is 0.972. The molecule has 0 aliphatic carbocycles. The molecule has 0 heterocycles. The lowest BCUT2D eigenvalue weighted by molar-refractivity contribution is -0.0907. The zero-order valence-corrected chi connectivity index (χ0v) is 6.85. The Morgan fingerprint density at radius 2 is 2.08 bits per heavy atom. The van der Waals surface area contributed by atoms with Gasteiger partial charge in [0.25, 0.3) is 0 Å². The summed E-state index contributed by atoms with van der Waals surface area (Å²) in [6.45, 7) is -1.25. The van der Waals surface area contributed by atoms with E-state index in [2.05, 4.69) is 4.74 Å². The van der Waals surface area contributed by atoms with Crippen molar-refractivity contribution in [1.82, 2.24) is 0 Å². The van der Waals surface area contributed by atoms with Crippen LogP contribution in [-0.2, 0) is 14.9 Å². The van der Waals surface area contributed by atoms with Gasteiger partial charge in [-0.05, 0) is 0 Å². The predicted octanol–water partition coefficient (Wildman–Crippen LogP) is -0.868. The van der Waals surface area contributed by atoms with Crippen LogP contribution in [0.3, 0.4) is 0 Å². The van der Waals surface area contributed by atoms with Crippen LogP contribution in [0, 0.1) is 0 Å². The first-order valence-electron chi connectivity index (χ1n) is 2.74. The molecule has 1 N–H and O–H groups in total. The smallest absolute Gasteiger partial charge is 0.362 e. The van der Waals surface area contributed by atoms with Gasteiger partial charge in [-0.3, -0.25) is 0 Å². The Bertz CT molecular complexity index is 232. The standard InChI is InChI=1S/C4H8F2O5S/c1-11-3(2-7)4(5,6)12(8,9)10/h3,7H,2H2,1H3,(H,8,9,10)/p-1. The number of hydrogen-bond acceptors (Lipinski definition) is 5. The summed E-state index contributed by atoms with van der Waals surface area (Å²) in [6.07, 6.45) is -2.32. The molecule has 0 aliphatic heterocycles. The highest BCUT2D eigenvalue weighted by molar-refractivity contribution is 7.86. The van der Waals surface area contributed by atoms with Crippen molar-refractivity contribution in [2.45, 2.75) is 11.4 Å². The Labute approximate surface area is 67.7 Å². The van der Waals surface area contributed by atoms with Gasteiger partial charge in [-0.1, -0.05) is 0 Å². The van der Waals surface area contributed by atoms with Crippen LogP contribution in [0.4, 0.5) is 8.78 Å². The van der Waals surface area contributed by atoms with E-state index in [-0.39, 0.29) is 0 Å². The SMILES string of the molecule is COC(CO)C(F)(F)S(=O)(=O)[O-]. The largest absolute Gasteiger partial charge is 0.743 e. The summed E-state index contributed by atoms with van der Waals surface area (Å²) < 4.78 is 58.5. The first-order chi connectivity index (χ1) is 5.27. The molecule has 0 aliphatic rings. The Morgan fingerprint density at radius 1 is 1.67 bits per heavy atom. The lowest BCUT2D eigenvalue weighted by Gasteiger charge is -2.25. The zero-order valence-electron chi connectivity index (χ0n) is 6.03. The molecule has 1 unspecified atom stereocenters. The molecule has 0 saturated heterocycles. The van der Waals surface area contributed by atoms with Crippen LogP contribution in [0.1, 0.15) is 0 Å². The highest BCUT2D eigenvalue weighted by Crippen LogP contribution is 2.26. The maximum atomic E-state index is 12.4. The van der Waals surface area contributed by atoms with Gasteiger partial charge in [0.15, 0.2) is 16.2 Å². The molecule has 0 aromatic rings. The maximum absolute atomic E-state index is 12.4. The van der Waals surface area contributed by atoms with Crippen molar-refractivity contribution in [3.8, 4) is 0 Å². The first kappa shape index (κ1) is 11.7. The Balaban J connectivity index is 4.83. The van der Waals surface area contributed by atoms with E-state index in [1.807, 2.05) is 0 Å². The van der Waals surface area contributed by atoms with Crippen LogP contribution >= 0.6 is 0 Å². The number of methoxy groups -OCH3 is 1. The zero-order chi connectivity index (χ0) is 9.99. The second kappa shape index (κ2) is 3.60. The molecule has 0 amide bonds. The van der Waals surface area contributed by atoms with Crippen molar-refractivity contribution in [2.75, 3.05) is 13.7 Å². The fraction of sp³-hybridized carbons (Fsp3) is 1.00. The van der Waals surface area contributed by atoms with Crippen LogP contribution in [0.25, 0.3) is 0 Å². The highest BCUT2D eigenvalue weighted by Gasteiger charge is 2.46. The van der Waals surface area contributed by atoms with E-state index in [1.165, 1.54) is 0 Å². The van der Waals surface area contributed by atoms with Crippen molar-refractivity contribution in [2.24, 2.45) is 0 Å². The van der Waals surface area contributed by atoms with Crippen LogP contribution in [0.15, 0.2) is 0 Å². The van der Waals surface area contributed by atoms with Crippen LogP contribution in [0.5, 0.6) is 0 Å². The third-order valence-electron chi connectivity index (χ3n) is 1.16. The predicted molar refractivity (Wildman–Crippen MR) is 32.5 cm³/mol. The summed E-state index contributed by atoms with van der Waals surface area (Å²) in [6, 6.07) is 0. The number of aliphatic hydroxyl groups excluding tert-OH is 1. The monoisotopic (exact) mass is 205 g/mol. The molecular formula is C4H7F2O5S-. The molecule has 74 valence electrons. The number of aliphatic hydroxyl groups is 1. The lowest BCUT2D eigenvalue weighted by atomic mass is 10.4. The molecule has 0 fully saturated rings. The lowest BCUT2D eigenvalue weighted by Crippen LogP contribution is -2.44. The van der Waals surface area contributed by atoms with Crippen molar-refractivity contribution < 1.29 is 31.6 Å². The number of hydrogen-bond donors (Lipinski definition) is 1. The van der Waals surface area contributed by atoms with Crippen LogP contribution in [0.2, 0.25) is 0 Å². The maximum Gasteiger partial charge on any atom is 0.362 e. The van der Waals surface area contributed by atoms with E-state index in [1.54, 1.807) is 0 Å². The van der Waals surface area contributed by atoms with E-state index < -0.39 is 28.1 Å². The average molecular weight is 205 g/mol. The minimum absolute atomic E-state index is 0.764. The van der Waals surface area contributed by atoms with Crippen molar-refractivity contribution in [3.63, 3.8) is 0 Å². The summed E-state index contributed by atoms with van der Waals surface area (Å²) in [5, 5.41) is 3.62. The molecule has 8 heteroatoms. The summed E-state index contributed by atoms with van der Waals surface area (Å²) in [7, 11) is -5.03. The summed E-state index contributed by atoms with van der Waals surface area (Å²) >= 11 is 0. The minimum Gasteiger partial charge on any atom is -0.743 e. The quantitative estimate of drug-likeness (QED) is 0.603. The van der Waals surface area contributed by atoms with Crippen molar-refractivity contribution >= 4 is 10.1 Å². The number of halogens is 2. The topological polar surface area (TPSA) is 86.7 Å². The first-order valence-corrected chi connectivity index (χ1v) is 4.15. The van der Waals surface area contributed by atoms with Gasteiger partial charge in [0.1, 0.15) is 0 Å². The Hall–Kier alpha value is -0.310. The van der Waals surface area contributed by atoms with Crippen LogP contribution < -0.4 is 0 Å². The normalized spacial score (nSPS) is 16.1. The molecule has 5 nitrogen and oxygen atoms in total. The fourth-order valence-electron chi connectivity index (χ4n) is 0.479. The molecule has 0 bridgehead atoms. The molecule has 0 aromatic heterocycles. The third-order valence-corrected chi connectivity index (χ3v) is 2.09. The van der Waals surface area contributed by atoms with Gasteiger partial charge in [-0.2, -0.15) is 8.78 Å². The average Bonchev–Trinajstić information content (AvgIpc) is 1.87. The number of rotatable bonds is 4. The number of alkyl halides is 2. The van der Waals surface area contributed by atoms with Gasteiger partial charge in [0, 0.05) is 7.11 Å². The van der Waals surface area contributed by atoms with E-state index >= 15 is 0 Å². The Kier molecular flexibility index (Phi) is 3.51. The molecular weight excluding hydrogens is 198 g/mol. The van der Waals surface area contributed by atoms with Gasteiger partial charge in [0.2, 0.25) is 0 Å². The van der Waals surface area contributed by atoms with Gasteiger partial charge in [0.05, 0.1) is 6.61 Å². The molecule has 0 rings (SSSR count). The minimum atomic E-state index is -5.79. The van der Waals surface area contributed by atoms with Gasteiger partial charge in [-0.25, -0.2) is 8.42 Å². The van der Waals surface area contributed by atoms with E-state index in [4.69, 9.17) is 5.11 Å². The van der Waals surface area contributed by atoms with E-state index in [9.17, 15) is 21.8 Å². The third kappa shape index (κ3) is 2.09. The van der Waals surface area contributed by atoms with Crippen molar-refractivity contribution in [3.05, 3.63) is 0 Å². The van der Waals surface area contributed by atoms with Crippen molar-refractivity contribution in [1.29, 1.82) is 0 Å². The molecule has 0 radical (unpaired) electrons. The van der Waals surface area contributed by atoms with Gasteiger partial charge < -0.3 is 14.4 Å². The molecule has 12 heavy (non-hydrogen) atoms. The van der Waals surface area contributed by atoms with Crippen LogP contribution in [-0.4, -0.2) is 43.2 Å². The molecule has 0 spiro atoms. The second-order valence-corrected chi connectivity index (χ2v) is 3.38. The van der Waals surface area contributed by atoms with E-state index in [0.29, 0.717) is 0 Å². The Morgan fingerprint density at radius 3 is 2.17 bits per heavy atom. The summed E-state index contributed by atoms with van der Waals surface area (Å²) in [4.78, 5) is 0. The second-order valence-electron chi connectivity index (χ2n) is 1.92. The molecule has 0 saturated carbocycles.